The fourth-order valence-corrected chi connectivity index (χ4v) is 6.10. The lowest BCUT2D eigenvalue weighted by Crippen LogP contribution is -2.44. The van der Waals surface area contributed by atoms with E-state index in [1.807, 2.05) is 0 Å². The number of nitrogens with one attached hydrogen (secondary N) is 2. The van der Waals surface area contributed by atoms with Crippen molar-refractivity contribution in [3.63, 3.8) is 0 Å². The molecule has 2 aromatic carbocycles. The normalized spacial score (nSPS) is 24.1. The third kappa shape index (κ3) is 6.02. The average molecular weight is 499 g/mol. The summed E-state index contributed by atoms with van der Waals surface area (Å²) in [6.45, 7) is -0.275. The Kier molecular flexibility index (Phi) is 7.21. The smallest absolute Gasteiger partial charge is 0.258 e. The second-order valence-electron chi connectivity index (χ2n) is 8.60. The van der Waals surface area contributed by atoms with Crippen molar-refractivity contribution in [1.29, 1.82) is 0 Å². The van der Waals surface area contributed by atoms with Crippen LogP contribution in [0.15, 0.2) is 42.5 Å². The number of carbonyl (C=O) groups is 1. The molecular weight excluding hydrogens is 474 g/mol. The number of benzene rings is 2. The fraction of sp³-hybridized carbons (Fsp3) is 0.435. The van der Waals surface area contributed by atoms with Crippen LogP contribution in [-0.4, -0.2) is 38.8 Å². The zero-order valence-corrected chi connectivity index (χ0v) is 19.3. The quantitative estimate of drug-likeness (QED) is 0.554. The minimum atomic E-state index is -3.53. The van der Waals surface area contributed by atoms with Crippen molar-refractivity contribution >= 4 is 27.5 Å². The Morgan fingerprint density at radius 1 is 1.06 bits per heavy atom. The van der Waals surface area contributed by atoms with Crippen LogP contribution < -0.4 is 14.8 Å². The molecule has 10 heteroatoms. The molecule has 2 N–H and O–H groups in total. The Bertz CT molecular complexity index is 1110. The van der Waals surface area contributed by atoms with Gasteiger partial charge in [0.05, 0.1) is 10.8 Å². The van der Waals surface area contributed by atoms with Gasteiger partial charge in [0, 0.05) is 18.2 Å². The number of fused-ring (bicyclic) bond motifs is 1. The van der Waals surface area contributed by atoms with Crippen LogP contribution in [0.4, 0.5) is 8.78 Å². The van der Waals surface area contributed by atoms with Crippen molar-refractivity contribution in [1.82, 2.24) is 10.0 Å². The van der Waals surface area contributed by atoms with Gasteiger partial charge in [0.1, 0.15) is 17.4 Å². The van der Waals surface area contributed by atoms with E-state index in [2.05, 4.69) is 10.0 Å². The number of rotatable bonds is 9. The first kappa shape index (κ1) is 23.9. The fourth-order valence-electron chi connectivity index (χ4n) is 4.63. The molecule has 2 aliphatic rings. The first-order valence-electron chi connectivity index (χ1n) is 10.8. The van der Waals surface area contributed by atoms with Gasteiger partial charge in [-0.3, -0.25) is 4.79 Å². The van der Waals surface area contributed by atoms with Crippen LogP contribution in [0.1, 0.15) is 24.8 Å². The molecule has 2 aromatic rings. The molecule has 0 heterocycles. The third-order valence-electron chi connectivity index (χ3n) is 6.44. The van der Waals surface area contributed by atoms with Gasteiger partial charge in [-0.2, -0.15) is 0 Å². The van der Waals surface area contributed by atoms with Gasteiger partial charge in [-0.15, -0.1) is 0 Å². The lowest BCUT2D eigenvalue weighted by molar-refractivity contribution is -0.124. The maximum Gasteiger partial charge on any atom is 0.258 e. The predicted molar refractivity (Wildman–Crippen MR) is 120 cm³/mol. The van der Waals surface area contributed by atoms with Crippen LogP contribution in [0, 0.1) is 23.5 Å². The van der Waals surface area contributed by atoms with Crippen molar-refractivity contribution in [3.05, 3.63) is 64.7 Å². The first-order valence-corrected chi connectivity index (χ1v) is 12.8. The Labute approximate surface area is 196 Å². The molecule has 1 amide bonds. The minimum absolute atomic E-state index is 0.0278. The molecule has 2 saturated carbocycles. The summed E-state index contributed by atoms with van der Waals surface area (Å²) < 4.78 is 59.9. The zero-order chi connectivity index (χ0) is 23.6. The van der Waals surface area contributed by atoms with Crippen molar-refractivity contribution in [3.8, 4) is 5.75 Å². The molecule has 0 spiro atoms. The highest BCUT2D eigenvalue weighted by Gasteiger charge is 2.49. The maximum atomic E-state index is 13.5. The Morgan fingerprint density at radius 3 is 2.42 bits per heavy atom. The predicted octanol–water partition coefficient (Wildman–Crippen LogP) is 3.44. The Balaban J connectivity index is 1.27. The van der Waals surface area contributed by atoms with Crippen LogP contribution in [-0.2, 0) is 21.2 Å². The monoisotopic (exact) mass is 498 g/mol. The van der Waals surface area contributed by atoms with E-state index in [1.165, 1.54) is 24.3 Å². The maximum absolute atomic E-state index is 13.5. The van der Waals surface area contributed by atoms with E-state index in [0.29, 0.717) is 12.8 Å². The van der Waals surface area contributed by atoms with Crippen LogP contribution in [0.3, 0.4) is 0 Å². The van der Waals surface area contributed by atoms with Gasteiger partial charge < -0.3 is 10.1 Å². The van der Waals surface area contributed by atoms with E-state index in [9.17, 15) is 22.0 Å². The van der Waals surface area contributed by atoms with Crippen LogP contribution >= 0.6 is 11.6 Å². The number of amides is 1. The van der Waals surface area contributed by atoms with E-state index in [4.69, 9.17) is 16.3 Å². The summed E-state index contributed by atoms with van der Waals surface area (Å²) in [5.41, 5.74) is 0.750. The molecule has 6 nitrogen and oxygen atoms in total. The lowest BCUT2D eigenvalue weighted by Gasteiger charge is -2.36. The standard InChI is InChI=1S/C23H25ClF2N2O4S/c24-19-8-5-16(11-20(19)26)32-13-23(29)27-21-12-22(18-7-6-17(18)21)28-33(30,31)10-9-14-1-3-15(25)4-2-14/h1-5,8,11,17-18,21-22,28H,6-7,9-10,12-13H2,(H,27,29)/t17?,18?,21-,22?/m0/s1. The van der Waals surface area contributed by atoms with Gasteiger partial charge in [-0.25, -0.2) is 21.9 Å². The molecule has 178 valence electrons. The van der Waals surface area contributed by atoms with Crippen molar-refractivity contribution in [2.75, 3.05) is 12.4 Å². The minimum Gasteiger partial charge on any atom is -0.484 e. The van der Waals surface area contributed by atoms with Gasteiger partial charge in [0.15, 0.2) is 6.61 Å². The van der Waals surface area contributed by atoms with Gasteiger partial charge in [-0.05, 0) is 67.3 Å². The lowest BCUT2D eigenvalue weighted by atomic mass is 9.74. The average Bonchev–Trinajstić information content (AvgIpc) is 2.95. The summed E-state index contributed by atoms with van der Waals surface area (Å²) in [5, 5.41) is 2.90. The molecule has 0 radical (unpaired) electrons. The summed E-state index contributed by atoms with van der Waals surface area (Å²) in [6.07, 6.45) is 2.63. The number of halogens is 3. The zero-order valence-electron chi connectivity index (χ0n) is 17.8. The van der Waals surface area contributed by atoms with Gasteiger partial charge in [-0.1, -0.05) is 23.7 Å². The molecule has 33 heavy (non-hydrogen) atoms. The van der Waals surface area contributed by atoms with E-state index in [1.54, 1.807) is 12.1 Å². The first-order chi connectivity index (χ1) is 15.7. The molecule has 0 saturated heterocycles. The number of ether oxygens (including phenoxy) is 1. The number of hydrogen-bond donors (Lipinski definition) is 2. The van der Waals surface area contributed by atoms with Gasteiger partial charge in [0.2, 0.25) is 10.0 Å². The number of carbonyl (C=O) groups excluding carboxylic acids is 1. The second kappa shape index (κ2) is 9.95. The van der Waals surface area contributed by atoms with Gasteiger partial charge >= 0.3 is 0 Å². The van der Waals surface area contributed by atoms with Crippen molar-refractivity contribution in [2.24, 2.45) is 11.8 Å². The molecule has 2 fully saturated rings. The topological polar surface area (TPSA) is 84.5 Å². The van der Waals surface area contributed by atoms with Crippen LogP contribution in [0.5, 0.6) is 5.75 Å². The molecule has 3 unspecified atom stereocenters. The summed E-state index contributed by atoms with van der Waals surface area (Å²) in [5.74, 6) is -0.825. The Hall–Kier alpha value is -2.23. The van der Waals surface area contributed by atoms with E-state index in [0.717, 1.165) is 24.5 Å². The molecule has 4 atom stereocenters. The van der Waals surface area contributed by atoms with Crippen molar-refractivity contribution < 1.29 is 26.7 Å². The molecule has 0 aliphatic heterocycles. The number of hydrogen-bond acceptors (Lipinski definition) is 4. The van der Waals surface area contributed by atoms with Crippen LogP contribution in [0.2, 0.25) is 5.02 Å². The Morgan fingerprint density at radius 2 is 1.76 bits per heavy atom. The summed E-state index contributed by atoms with van der Waals surface area (Å²) in [4.78, 5) is 12.4. The summed E-state index contributed by atoms with van der Waals surface area (Å²) >= 11 is 5.64. The molecular formula is C23H25ClF2N2O4S. The SMILES string of the molecule is O=C(COc1ccc(Cl)c(F)c1)N[C@H]1CC(NS(=O)(=O)CCc2ccc(F)cc2)C2CCC21. The molecule has 2 aliphatic carbocycles. The van der Waals surface area contributed by atoms with Gasteiger partial charge in [0.25, 0.3) is 5.91 Å². The van der Waals surface area contributed by atoms with E-state index in [-0.39, 0.29) is 58.8 Å². The molecule has 0 bridgehead atoms. The third-order valence-corrected chi connectivity index (χ3v) is 8.15. The van der Waals surface area contributed by atoms with Crippen molar-refractivity contribution in [2.45, 2.75) is 37.8 Å². The van der Waals surface area contributed by atoms with E-state index >= 15 is 0 Å². The number of aryl methyl sites for hydroxylation is 1. The highest BCUT2D eigenvalue weighted by atomic mass is 35.5. The second-order valence-corrected chi connectivity index (χ2v) is 10.9. The largest absolute Gasteiger partial charge is 0.484 e. The summed E-state index contributed by atoms with van der Waals surface area (Å²) in [7, 11) is -3.53. The number of sulfonamides is 1. The molecule has 4 rings (SSSR count). The summed E-state index contributed by atoms with van der Waals surface area (Å²) in [6, 6.07) is 9.34. The van der Waals surface area contributed by atoms with E-state index < -0.39 is 15.8 Å². The highest BCUT2D eigenvalue weighted by Crippen LogP contribution is 2.47. The van der Waals surface area contributed by atoms with Crippen LogP contribution in [0.25, 0.3) is 0 Å². The highest BCUT2D eigenvalue weighted by molar-refractivity contribution is 7.89. The molecule has 0 aromatic heterocycles.